The zero-order valence-electron chi connectivity index (χ0n) is 18.8. The second-order valence-corrected chi connectivity index (χ2v) is 9.09. The Labute approximate surface area is 199 Å². The van der Waals surface area contributed by atoms with Gasteiger partial charge in [-0.2, -0.15) is 0 Å². The molecule has 0 radical (unpaired) electrons. The highest BCUT2D eigenvalue weighted by atomic mass is 16.5. The van der Waals surface area contributed by atoms with E-state index in [9.17, 15) is 0 Å². The van der Waals surface area contributed by atoms with Gasteiger partial charge in [-0.25, -0.2) is 0 Å². The molecular formula is C28H26N4O2. The van der Waals surface area contributed by atoms with E-state index in [4.69, 9.17) is 9.47 Å². The van der Waals surface area contributed by atoms with Crippen LogP contribution in [-0.2, 0) is 9.47 Å². The predicted octanol–water partition coefficient (Wildman–Crippen LogP) is 4.99. The molecule has 6 heteroatoms. The van der Waals surface area contributed by atoms with Crippen LogP contribution in [0.15, 0.2) is 109 Å². The standard InChI is InChI=1S/C28H26N4O2/c1-3-8-21(9-4-1)25-17-33-27-15-29(19-31(25)27)23-12-7-13-24(14-23)30-16-28-32(20-30)26(18-34-28)22-10-5-2-6-11-22/h1-16,25-26H,17-20H2/t25-,26-/m1/s1. The summed E-state index contributed by atoms with van der Waals surface area (Å²) in [6.45, 7) is 2.96. The Kier molecular flexibility index (Phi) is 4.43. The van der Waals surface area contributed by atoms with E-state index in [2.05, 4.69) is 117 Å². The maximum absolute atomic E-state index is 6.03. The first kappa shape index (κ1) is 19.4. The van der Waals surface area contributed by atoms with Crippen LogP contribution < -0.4 is 9.80 Å². The number of anilines is 2. The summed E-state index contributed by atoms with van der Waals surface area (Å²) in [5.74, 6) is 1.89. The third kappa shape index (κ3) is 3.17. The lowest BCUT2D eigenvalue weighted by molar-refractivity contribution is 0.245. The molecular weight excluding hydrogens is 424 g/mol. The van der Waals surface area contributed by atoms with Crippen molar-refractivity contribution >= 4 is 11.4 Å². The highest BCUT2D eigenvalue weighted by Crippen LogP contribution is 2.40. The summed E-state index contributed by atoms with van der Waals surface area (Å²) in [5.41, 5.74) is 4.89. The lowest BCUT2D eigenvalue weighted by Gasteiger charge is -2.26. The van der Waals surface area contributed by atoms with Gasteiger partial charge in [-0.3, -0.25) is 0 Å². The van der Waals surface area contributed by atoms with Crippen molar-refractivity contribution in [3.8, 4) is 0 Å². The van der Waals surface area contributed by atoms with E-state index in [0.717, 1.165) is 36.5 Å². The Balaban J connectivity index is 1.09. The van der Waals surface area contributed by atoms with Crippen molar-refractivity contribution in [2.24, 2.45) is 0 Å². The Morgan fingerprint density at radius 1 is 0.559 bits per heavy atom. The molecule has 0 unspecified atom stereocenters. The molecule has 6 nitrogen and oxygen atoms in total. The van der Waals surface area contributed by atoms with Gasteiger partial charge in [0.05, 0.1) is 37.8 Å². The van der Waals surface area contributed by atoms with E-state index in [1.54, 1.807) is 0 Å². The van der Waals surface area contributed by atoms with Gasteiger partial charge in [0.25, 0.3) is 0 Å². The number of hydrogen-bond donors (Lipinski definition) is 0. The SMILES string of the molecule is C1=C2OC[C@H](c3ccccc3)N2CN1c1cccc(N2C=C3OC[C@H](c4ccccc4)N3C2)c1. The molecule has 2 saturated heterocycles. The molecule has 0 saturated carbocycles. The van der Waals surface area contributed by atoms with Gasteiger partial charge in [0.1, 0.15) is 13.2 Å². The summed E-state index contributed by atoms with van der Waals surface area (Å²) in [6, 6.07) is 30.4. The average Bonchev–Trinajstić information content (AvgIpc) is 3.65. The van der Waals surface area contributed by atoms with E-state index in [1.165, 1.54) is 11.1 Å². The topological polar surface area (TPSA) is 31.4 Å². The molecule has 0 aliphatic carbocycles. The van der Waals surface area contributed by atoms with Crippen molar-refractivity contribution in [3.05, 3.63) is 120 Å². The van der Waals surface area contributed by atoms with Crippen LogP contribution in [0.4, 0.5) is 11.4 Å². The molecule has 7 rings (SSSR count). The van der Waals surface area contributed by atoms with Crippen LogP contribution in [0.5, 0.6) is 0 Å². The number of hydrogen-bond acceptors (Lipinski definition) is 6. The number of ether oxygens (including phenoxy) is 2. The number of nitrogens with zero attached hydrogens (tertiary/aromatic N) is 4. The summed E-state index contributed by atoms with van der Waals surface area (Å²) >= 11 is 0. The van der Waals surface area contributed by atoms with E-state index >= 15 is 0 Å². The van der Waals surface area contributed by atoms with Gasteiger partial charge < -0.3 is 29.1 Å². The highest BCUT2D eigenvalue weighted by Gasteiger charge is 2.38. The van der Waals surface area contributed by atoms with Crippen LogP contribution in [0.3, 0.4) is 0 Å². The fourth-order valence-electron chi connectivity index (χ4n) is 5.28. The van der Waals surface area contributed by atoms with Crippen molar-refractivity contribution in [1.82, 2.24) is 9.80 Å². The van der Waals surface area contributed by atoms with Gasteiger partial charge in [-0.05, 0) is 29.3 Å². The van der Waals surface area contributed by atoms with E-state index in [1.807, 2.05) is 0 Å². The maximum atomic E-state index is 6.03. The predicted molar refractivity (Wildman–Crippen MR) is 131 cm³/mol. The quantitative estimate of drug-likeness (QED) is 0.557. The molecule has 2 fully saturated rings. The Hall–Kier alpha value is -4.06. The van der Waals surface area contributed by atoms with Crippen molar-refractivity contribution < 1.29 is 9.47 Å². The molecule has 3 aromatic rings. The number of benzene rings is 3. The Morgan fingerprint density at radius 2 is 1.03 bits per heavy atom. The Morgan fingerprint density at radius 3 is 1.50 bits per heavy atom. The van der Waals surface area contributed by atoms with E-state index in [-0.39, 0.29) is 12.1 Å². The molecule has 4 aliphatic heterocycles. The maximum Gasteiger partial charge on any atom is 0.208 e. The molecule has 0 N–H and O–H groups in total. The molecule has 0 aromatic heterocycles. The molecule has 3 aromatic carbocycles. The van der Waals surface area contributed by atoms with E-state index in [0.29, 0.717) is 13.2 Å². The molecule has 0 bridgehead atoms. The van der Waals surface area contributed by atoms with Crippen LogP contribution in [-0.4, -0.2) is 36.4 Å². The highest BCUT2D eigenvalue weighted by molar-refractivity contribution is 5.63. The van der Waals surface area contributed by atoms with Gasteiger partial charge in [-0.1, -0.05) is 66.7 Å². The summed E-state index contributed by atoms with van der Waals surface area (Å²) in [7, 11) is 0. The van der Waals surface area contributed by atoms with Gasteiger partial charge in [-0.15, -0.1) is 0 Å². The fourth-order valence-corrected chi connectivity index (χ4v) is 5.28. The molecule has 2 atom stereocenters. The smallest absolute Gasteiger partial charge is 0.208 e. The molecule has 4 heterocycles. The lowest BCUT2D eigenvalue weighted by atomic mass is 10.1. The summed E-state index contributed by atoms with van der Waals surface area (Å²) in [5, 5.41) is 0. The van der Waals surface area contributed by atoms with Gasteiger partial charge >= 0.3 is 0 Å². The summed E-state index contributed by atoms with van der Waals surface area (Å²) < 4.78 is 12.1. The fraction of sp³-hybridized carbons (Fsp3) is 0.214. The molecule has 0 amide bonds. The van der Waals surface area contributed by atoms with Crippen molar-refractivity contribution in [1.29, 1.82) is 0 Å². The number of fused-ring (bicyclic) bond motifs is 2. The minimum absolute atomic E-state index is 0.253. The van der Waals surface area contributed by atoms with Crippen LogP contribution in [0.1, 0.15) is 23.2 Å². The molecule has 4 aliphatic rings. The first-order valence-electron chi connectivity index (χ1n) is 11.8. The first-order valence-corrected chi connectivity index (χ1v) is 11.8. The largest absolute Gasteiger partial charge is 0.475 e. The number of rotatable bonds is 4. The zero-order valence-corrected chi connectivity index (χ0v) is 18.8. The molecule has 34 heavy (non-hydrogen) atoms. The van der Waals surface area contributed by atoms with E-state index < -0.39 is 0 Å². The van der Waals surface area contributed by atoms with Crippen LogP contribution in [0.2, 0.25) is 0 Å². The van der Waals surface area contributed by atoms with Gasteiger partial charge in [0.2, 0.25) is 11.8 Å². The van der Waals surface area contributed by atoms with Crippen LogP contribution >= 0.6 is 0 Å². The van der Waals surface area contributed by atoms with Crippen molar-refractivity contribution in [3.63, 3.8) is 0 Å². The summed E-state index contributed by atoms with van der Waals surface area (Å²) in [4.78, 5) is 9.21. The minimum Gasteiger partial charge on any atom is -0.475 e. The van der Waals surface area contributed by atoms with Crippen LogP contribution in [0.25, 0.3) is 0 Å². The monoisotopic (exact) mass is 450 g/mol. The van der Waals surface area contributed by atoms with Crippen molar-refractivity contribution in [2.45, 2.75) is 12.1 Å². The van der Waals surface area contributed by atoms with Gasteiger partial charge in [0.15, 0.2) is 0 Å². The lowest BCUT2D eigenvalue weighted by Crippen LogP contribution is -2.29. The minimum atomic E-state index is 0.253. The summed E-state index contributed by atoms with van der Waals surface area (Å²) in [6.07, 6.45) is 4.24. The zero-order chi connectivity index (χ0) is 22.5. The third-order valence-corrected chi connectivity index (χ3v) is 7.10. The second kappa shape index (κ2) is 7.76. The Bertz CT molecular complexity index is 1160. The van der Waals surface area contributed by atoms with Crippen LogP contribution in [0, 0.1) is 0 Å². The third-order valence-electron chi connectivity index (χ3n) is 7.10. The van der Waals surface area contributed by atoms with Crippen molar-refractivity contribution in [2.75, 3.05) is 36.4 Å². The van der Waals surface area contributed by atoms with Gasteiger partial charge in [0, 0.05) is 11.4 Å². The normalized spacial score (nSPS) is 22.8. The second-order valence-electron chi connectivity index (χ2n) is 9.09. The first-order chi connectivity index (χ1) is 16.8. The molecule has 170 valence electrons. The average molecular weight is 451 g/mol. The molecule has 0 spiro atoms.